The normalized spacial score (nSPS) is 21.8. The van der Waals surface area contributed by atoms with E-state index >= 15 is 0 Å². The van der Waals surface area contributed by atoms with E-state index in [1.165, 1.54) is 26.1 Å². The number of nitrogens with zero attached hydrogens (tertiary/aromatic N) is 2. The molecule has 1 unspecified atom stereocenters. The molecule has 1 saturated heterocycles. The van der Waals surface area contributed by atoms with Crippen molar-refractivity contribution in [3.63, 3.8) is 0 Å². The summed E-state index contributed by atoms with van der Waals surface area (Å²) in [6.07, 6.45) is 3.14. The minimum atomic E-state index is 0.784. The second-order valence-electron chi connectivity index (χ2n) is 4.14. The summed E-state index contributed by atoms with van der Waals surface area (Å²) in [5.74, 6) is 1.78. The summed E-state index contributed by atoms with van der Waals surface area (Å²) < 4.78 is 0. The van der Waals surface area contributed by atoms with Gasteiger partial charge in [-0.1, -0.05) is 13.0 Å². The van der Waals surface area contributed by atoms with Gasteiger partial charge in [-0.05, 0) is 37.6 Å². The van der Waals surface area contributed by atoms with Gasteiger partial charge in [0, 0.05) is 19.3 Å². The van der Waals surface area contributed by atoms with Crippen LogP contribution in [0.25, 0.3) is 0 Å². The minimum Gasteiger partial charge on any atom is -0.370 e. The van der Waals surface area contributed by atoms with Gasteiger partial charge in [0.1, 0.15) is 5.82 Å². The molecular formula is C12H19N3. The number of nitrogens with one attached hydrogen (secondary N) is 1. The highest BCUT2D eigenvalue weighted by molar-refractivity contribution is 5.33. The summed E-state index contributed by atoms with van der Waals surface area (Å²) in [6, 6.07) is 5.98. The average molecular weight is 205 g/mol. The Kier molecular flexibility index (Phi) is 3.56. The number of rotatable bonds is 4. The molecule has 0 saturated carbocycles. The Balaban J connectivity index is 1.75. The van der Waals surface area contributed by atoms with E-state index in [0.29, 0.717) is 0 Å². The van der Waals surface area contributed by atoms with E-state index in [2.05, 4.69) is 22.1 Å². The van der Waals surface area contributed by atoms with Gasteiger partial charge in [0.25, 0.3) is 0 Å². The Labute approximate surface area is 91.5 Å². The fourth-order valence-corrected chi connectivity index (χ4v) is 2.08. The Morgan fingerprint density at radius 1 is 1.53 bits per heavy atom. The molecule has 1 aromatic rings. The van der Waals surface area contributed by atoms with Gasteiger partial charge in [-0.15, -0.1) is 0 Å². The maximum atomic E-state index is 4.25. The molecule has 2 rings (SSSR count). The van der Waals surface area contributed by atoms with Gasteiger partial charge in [0.15, 0.2) is 0 Å². The molecule has 1 aliphatic heterocycles. The lowest BCUT2D eigenvalue weighted by Crippen LogP contribution is -2.22. The number of hydrogen-bond donors (Lipinski definition) is 1. The molecule has 0 bridgehead atoms. The van der Waals surface area contributed by atoms with Crippen molar-refractivity contribution < 1.29 is 0 Å². The van der Waals surface area contributed by atoms with Gasteiger partial charge in [-0.25, -0.2) is 4.98 Å². The van der Waals surface area contributed by atoms with Crippen molar-refractivity contribution in [3.8, 4) is 0 Å². The summed E-state index contributed by atoms with van der Waals surface area (Å²) >= 11 is 0. The zero-order valence-electron chi connectivity index (χ0n) is 9.32. The van der Waals surface area contributed by atoms with Crippen LogP contribution in [-0.2, 0) is 0 Å². The highest BCUT2D eigenvalue weighted by Crippen LogP contribution is 2.16. The quantitative estimate of drug-likeness (QED) is 0.813. The molecule has 15 heavy (non-hydrogen) atoms. The van der Waals surface area contributed by atoms with Crippen LogP contribution in [0.1, 0.15) is 13.3 Å². The van der Waals surface area contributed by atoms with Crippen molar-refractivity contribution >= 4 is 5.82 Å². The van der Waals surface area contributed by atoms with E-state index in [4.69, 9.17) is 0 Å². The predicted octanol–water partition coefficient (Wildman–Crippen LogP) is 1.84. The second-order valence-corrected chi connectivity index (χ2v) is 4.14. The van der Waals surface area contributed by atoms with Gasteiger partial charge >= 0.3 is 0 Å². The van der Waals surface area contributed by atoms with Crippen molar-refractivity contribution in [2.24, 2.45) is 5.92 Å². The van der Waals surface area contributed by atoms with Crippen LogP contribution in [0.2, 0.25) is 0 Å². The maximum Gasteiger partial charge on any atom is 0.125 e. The van der Waals surface area contributed by atoms with Crippen LogP contribution >= 0.6 is 0 Å². The molecule has 0 aliphatic carbocycles. The molecule has 1 fully saturated rings. The summed E-state index contributed by atoms with van der Waals surface area (Å²) in [6.45, 7) is 6.95. The zero-order chi connectivity index (χ0) is 10.5. The first-order valence-electron chi connectivity index (χ1n) is 5.75. The van der Waals surface area contributed by atoms with Crippen LogP contribution in [0.5, 0.6) is 0 Å². The third kappa shape index (κ3) is 2.93. The van der Waals surface area contributed by atoms with Crippen LogP contribution in [0.3, 0.4) is 0 Å². The van der Waals surface area contributed by atoms with Gasteiger partial charge in [-0.2, -0.15) is 0 Å². The number of anilines is 1. The van der Waals surface area contributed by atoms with Crippen molar-refractivity contribution in [2.45, 2.75) is 13.3 Å². The zero-order valence-corrected chi connectivity index (χ0v) is 9.32. The first-order valence-corrected chi connectivity index (χ1v) is 5.75. The molecule has 1 atom stereocenters. The largest absolute Gasteiger partial charge is 0.370 e. The Morgan fingerprint density at radius 3 is 3.13 bits per heavy atom. The van der Waals surface area contributed by atoms with E-state index in [1.54, 1.807) is 0 Å². The lowest BCUT2D eigenvalue weighted by molar-refractivity contribution is 0.345. The molecule has 1 aromatic heterocycles. The molecule has 3 heteroatoms. The molecular weight excluding hydrogens is 186 g/mol. The average Bonchev–Trinajstić information content (AvgIpc) is 2.76. The van der Waals surface area contributed by atoms with Crippen molar-refractivity contribution in [1.29, 1.82) is 0 Å². The SMILES string of the molecule is CCN1CCC(CNc2ccccn2)C1. The summed E-state index contributed by atoms with van der Waals surface area (Å²) in [4.78, 5) is 6.76. The fourth-order valence-electron chi connectivity index (χ4n) is 2.08. The van der Waals surface area contributed by atoms with Gasteiger partial charge < -0.3 is 10.2 Å². The summed E-state index contributed by atoms with van der Waals surface area (Å²) in [7, 11) is 0. The Morgan fingerprint density at radius 2 is 2.47 bits per heavy atom. The Hall–Kier alpha value is -1.09. The molecule has 1 N–H and O–H groups in total. The van der Waals surface area contributed by atoms with Crippen LogP contribution in [0.4, 0.5) is 5.82 Å². The monoisotopic (exact) mass is 205 g/mol. The fraction of sp³-hybridized carbons (Fsp3) is 0.583. The lowest BCUT2D eigenvalue weighted by Gasteiger charge is -2.13. The standard InChI is InChI=1S/C12H19N3/c1-2-15-8-6-11(10-15)9-14-12-5-3-4-7-13-12/h3-5,7,11H,2,6,8-10H2,1H3,(H,13,14). The first-order chi connectivity index (χ1) is 7.38. The molecule has 3 nitrogen and oxygen atoms in total. The second kappa shape index (κ2) is 5.12. The van der Waals surface area contributed by atoms with E-state index in [1.807, 2.05) is 24.4 Å². The molecule has 0 amide bonds. The van der Waals surface area contributed by atoms with Gasteiger partial charge in [-0.3, -0.25) is 0 Å². The smallest absolute Gasteiger partial charge is 0.125 e. The molecule has 0 spiro atoms. The maximum absolute atomic E-state index is 4.25. The minimum absolute atomic E-state index is 0.784. The van der Waals surface area contributed by atoms with E-state index < -0.39 is 0 Å². The lowest BCUT2D eigenvalue weighted by atomic mass is 10.1. The third-order valence-electron chi connectivity index (χ3n) is 3.05. The number of pyridine rings is 1. The van der Waals surface area contributed by atoms with E-state index in [9.17, 15) is 0 Å². The first kappa shape index (κ1) is 10.4. The Bertz CT molecular complexity index is 286. The highest BCUT2D eigenvalue weighted by Gasteiger charge is 2.20. The molecule has 2 heterocycles. The number of aromatic nitrogens is 1. The van der Waals surface area contributed by atoms with E-state index in [0.717, 1.165) is 18.3 Å². The molecule has 0 radical (unpaired) electrons. The molecule has 1 aliphatic rings. The van der Waals surface area contributed by atoms with Crippen LogP contribution in [0, 0.1) is 5.92 Å². The van der Waals surface area contributed by atoms with Gasteiger partial charge in [0.2, 0.25) is 0 Å². The van der Waals surface area contributed by atoms with Gasteiger partial charge in [0.05, 0.1) is 0 Å². The highest BCUT2D eigenvalue weighted by atomic mass is 15.1. The summed E-state index contributed by atoms with van der Waals surface area (Å²) in [5, 5.41) is 3.39. The predicted molar refractivity (Wildman–Crippen MR) is 62.9 cm³/mol. The van der Waals surface area contributed by atoms with Crippen LogP contribution < -0.4 is 5.32 Å². The van der Waals surface area contributed by atoms with Crippen LogP contribution in [0.15, 0.2) is 24.4 Å². The molecule has 82 valence electrons. The van der Waals surface area contributed by atoms with Crippen molar-refractivity contribution in [2.75, 3.05) is 31.5 Å². The van der Waals surface area contributed by atoms with E-state index in [-0.39, 0.29) is 0 Å². The number of hydrogen-bond acceptors (Lipinski definition) is 3. The van der Waals surface area contributed by atoms with Crippen molar-refractivity contribution in [1.82, 2.24) is 9.88 Å². The molecule has 0 aromatic carbocycles. The van der Waals surface area contributed by atoms with Crippen LogP contribution in [-0.4, -0.2) is 36.1 Å². The summed E-state index contributed by atoms with van der Waals surface area (Å²) in [5.41, 5.74) is 0. The van der Waals surface area contributed by atoms with Crippen molar-refractivity contribution in [3.05, 3.63) is 24.4 Å². The third-order valence-corrected chi connectivity index (χ3v) is 3.05. The number of likely N-dealkylation sites (tertiary alicyclic amines) is 1. The topological polar surface area (TPSA) is 28.2 Å².